The van der Waals surface area contributed by atoms with Gasteiger partial charge in [-0.15, -0.1) is 0 Å². The lowest BCUT2D eigenvalue weighted by molar-refractivity contribution is 0.0928. The minimum atomic E-state index is -0.873. The van der Waals surface area contributed by atoms with E-state index in [1.807, 2.05) is 56.6 Å². The van der Waals surface area contributed by atoms with Crippen LogP contribution < -0.4 is 11.1 Å². The third kappa shape index (κ3) is 7.96. The topological polar surface area (TPSA) is 87.9 Å². The highest BCUT2D eigenvalue weighted by molar-refractivity contribution is 5.98. The van der Waals surface area contributed by atoms with Gasteiger partial charge in [0, 0.05) is 43.1 Å². The average molecular weight is 540 g/mol. The molecular weight excluding hydrogens is 496 g/mol. The van der Waals surface area contributed by atoms with Crippen LogP contribution in [0, 0.1) is 17.0 Å². The third-order valence-electron chi connectivity index (χ3n) is 7.06. The number of fused-ring (bicyclic) bond motifs is 1. The molecule has 1 atom stereocenters. The maximum Gasteiger partial charge on any atom is 0.162 e. The Hall–Kier alpha value is -3.10. The number of aliphatic imine (C=N–C) groups is 1. The molecule has 0 radical (unpaired) electrons. The fourth-order valence-electron chi connectivity index (χ4n) is 4.51. The van der Waals surface area contributed by atoms with Gasteiger partial charge in [-0.25, -0.2) is 13.8 Å². The summed E-state index contributed by atoms with van der Waals surface area (Å²) in [5.74, 6) is -1.71. The van der Waals surface area contributed by atoms with Crippen LogP contribution in [0.1, 0.15) is 65.9 Å². The second-order valence-electron chi connectivity index (χ2n) is 11.2. The molecule has 1 aromatic carbocycles. The summed E-state index contributed by atoms with van der Waals surface area (Å²) in [5.41, 5.74) is 10.2. The molecule has 0 saturated heterocycles. The Bertz CT molecular complexity index is 1320. The SMILES string of the molecule is CCNC1CC1.CN=C(C)/C(CCCc1c(-c2ccc3nccn3c2)ccc(F)c1F)=C(\N)C(O)C(C)(C)C. The van der Waals surface area contributed by atoms with E-state index in [1.54, 1.807) is 19.3 Å². The monoisotopic (exact) mass is 539 g/mol. The molecule has 0 spiro atoms. The Morgan fingerprint density at radius 3 is 2.54 bits per heavy atom. The largest absolute Gasteiger partial charge is 0.400 e. The number of nitrogens with one attached hydrogen (secondary N) is 1. The summed E-state index contributed by atoms with van der Waals surface area (Å²) >= 11 is 0. The molecule has 1 aliphatic carbocycles. The van der Waals surface area contributed by atoms with Crippen molar-refractivity contribution < 1.29 is 13.9 Å². The van der Waals surface area contributed by atoms with Crippen molar-refractivity contribution in [2.45, 2.75) is 78.9 Å². The van der Waals surface area contributed by atoms with Crippen molar-refractivity contribution in [3.05, 3.63) is 71.3 Å². The number of hydrogen-bond acceptors (Lipinski definition) is 5. The summed E-state index contributed by atoms with van der Waals surface area (Å²) in [7, 11) is 1.67. The van der Waals surface area contributed by atoms with Gasteiger partial charge in [-0.3, -0.25) is 4.99 Å². The zero-order valence-electron chi connectivity index (χ0n) is 24.1. The number of nitrogens with zero attached hydrogens (tertiary/aromatic N) is 3. The van der Waals surface area contributed by atoms with Crippen molar-refractivity contribution in [1.29, 1.82) is 0 Å². The highest BCUT2D eigenvalue weighted by Gasteiger charge is 2.27. The van der Waals surface area contributed by atoms with Crippen LogP contribution in [0.3, 0.4) is 0 Å². The summed E-state index contributed by atoms with van der Waals surface area (Å²) in [6.45, 7) is 10.9. The molecule has 1 saturated carbocycles. The van der Waals surface area contributed by atoms with E-state index in [4.69, 9.17) is 5.73 Å². The van der Waals surface area contributed by atoms with E-state index in [9.17, 15) is 13.9 Å². The molecule has 4 rings (SSSR count). The van der Waals surface area contributed by atoms with Gasteiger partial charge >= 0.3 is 0 Å². The molecule has 212 valence electrons. The smallest absolute Gasteiger partial charge is 0.162 e. The quantitative estimate of drug-likeness (QED) is 0.288. The Morgan fingerprint density at radius 1 is 1.23 bits per heavy atom. The molecule has 39 heavy (non-hydrogen) atoms. The van der Waals surface area contributed by atoms with Gasteiger partial charge in [0.15, 0.2) is 11.6 Å². The van der Waals surface area contributed by atoms with E-state index in [0.29, 0.717) is 36.1 Å². The average Bonchev–Trinajstić information content (AvgIpc) is 3.60. The number of rotatable bonds is 9. The van der Waals surface area contributed by atoms with Crippen LogP contribution in [0.25, 0.3) is 16.8 Å². The van der Waals surface area contributed by atoms with Crippen LogP contribution in [-0.4, -0.2) is 45.9 Å². The van der Waals surface area contributed by atoms with Gasteiger partial charge in [0.25, 0.3) is 0 Å². The molecule has 1 unspecified atom stereocenters. The van der Waals surface area contributed by atoms with Crippen molar-refractivity contribution in [3.63, 3.8) is 0 Å². The second-order valence-corrected chi connectivity index (χ2v) is 11.2. The lowest BCUT2D eigenvalue weighted by Gasteiger charge is -2.28. The van der Waals surface area contributed by atoms with E-state index < -0.39 is 23.2 Å². The molecule has 0 amide bonds. The summed E-state index contributed by atoms with van der Waals surface area (Å²) in [5, 5.41) is 14.0. The van der Waals surface area contributed by atoms with E-state index in [-0.39, 0.29) is 0 Å². The van der Waals surface area contributed by atoms with Crippen molar-refractivity contribution in [1.82, 2.24) is 14.7 Å². The predicted molar refractivity (Wildman–Crippen MR) is 156 cm³/mol. The molecule has 2 heterocycles. The summed E-state index contributed by atoms with van der Waals surface area (Å²) < 4.78 is 30.9. The van der Waals surface area contributed by atoms with Gasteiger partial charge in [0.05, 0.1) is 6.10 Å². The van der Waals surface area contributed by atoms with E-state index in [0.717, 1.165) is 41.1 Å². The van der Waals surface area contributed by atoms with Crippen molar-refractivity contribution in [3.8, 4) is 11.1 Å². The third-order valence-corrected chi connectivity index (χ3v) is 7.06. The van der Waals surface area contributed by atoms with Gasteiger partial charge in [-0.2, -0.15) is 0 Å². The van der Waals surface area contributed by atoms with Crippen LogP contribution in [-0.2, 0) is 6.42 Å². The van der Waals surface area contributed by atoms with E-state index in [1.165, 1.54) is 12.8 Å². The van der Waals surface area contributed by atoms with Crippen molar-refractivity contribution in [2.75, 3.05) is 13.6 Å². The fourth-order valence-corrected chi connectivity index (χ4v) is 4.51. The normalized spacial score (nSPS) is 15.6. The van der Waals surface area contributed by atoms with Gasteiger partial charge < -0.3 is 20.6 Å². The number of allylic oxidation sites excluding steroid dienone is 1. The first-order valence-corrected chi connectivity index (χ1v) is 13.7. The van der Waals surface area contributed by atoms with Gasteiger partial charge in [-0.1, -0.05) is 33.8 Å². The van der Waals surface area contributed by atoms with Gasteiger partial charge in [0.1, 0.15) is 5.65 Å². The maximum absolute atomic E-state index is 14.9. The van der Waals surface area contributed by atoms with Gasteiger partial charge in [-0.05, 0) is 91.5 Å². The van der Waals surface area contributed by atoms with Crippen LogP contribution in [0.4, 0.5) is 8.78 Å². The number of imidazole rings is 1. The lowest BCUT2D eigenvalue weighted by atomic mass is 9.84. The number of hydrogen-bond donors (Lipinski definition) is 3. The minimum Gasteiger partial charge on any atom is -0.400 e. The van der Waals surface area contributed by atoms with E-state index >= 15 is 0 Å². The highest BCUT2D eigenvalue weighted by Crippen LogP contribution is 2.31. The van der Waals surface area contributed by atoms with Crippen LogP contribution in [0.5, 0.6) is 0 Å². The fraction of sp³-hybridized carbons (Fsp3) is 0.484. The van der Waals surface area contributed by atoms with Crippen LogP contribution in [0.15, 0.2) is 59.1 Å². The minimum absolute atomic E-state index is 0.306. The van der Waals surface area contributed by atoms with Gasteiger partial charge in [0.2, 0.25) is 0 Å². The molecule has 1 aliphatic rings. The first-order chi connectivity index (χ1) is 18.5. The summed E-state index contributed by atoms with van der Waals surface area (Å²) in [6, 6.07) is 7.36. The molecule has 8 heteroatoms. The molecule has 3 aromatic rings. The number of pyridine rings is 1. The molecule has 0 aliphatic heterocycles. The first kappa shape index (κ1) is 30.4. The number of nitrogens with two attached hydrogens (primary N) is 1. The summed E-state index contributed by atoms with van der Waals surface area (Å²) in [6.07, 6.45) is 8.64. The van der Waals surface area contributed by atoms with Crippen LogP contribution in [0.2, 0.25) is 0 Å². The van der Waals surface area contributed by atoms with Crippen LogP contribution >= 0.6 is 0 Å². The lowest BCUT2D eigenvalue weighted by Crippen LogP contribution is -2.33. The Morgan fingerprint density at radius 2 is 1.95 bits per heavy atom. The molecule has 2 aromatic heterocycles. The maximum atomic E-state index is 14.9. The standard InChI is InChI=1S/C26H32F2N4O.C5H11N/c1-16(30-5)18(24(29)25(33)26(2,3)4)7-6-8-20-19(10-11-21(27)23(20)28)17-9-12-22-31-13-14-32(22)15-17;1-2-6-5-3-4-5/h9-15,25,33H,6-8,29H2,1-5H3;5-6H,2-4H2,1H3/b24-18-,30-16?;. The predicted octanol–water partition coefficient (Wildman–Crippen LogP) is 6.07. The Labute approximate surface area is 231 Å². The molecule has 4 N–H and O–H groups in total. The Balaban J connectivity index is 0.000000617. The zero-order chi connectivity index (χ0) is 28.7. The first-order valence-electron chi connectivity index (χ1n) is 13.7. The highest BCUT2D eigenvalue weighted by atomic mass is 19.2. The Kier molecular flexibility index (Phi) is 10.4. The number of benzene rings is 1. The number of halogens is 2. The molecule has 6 nitrogen and oxygen atoms in total. The van der Waals surface area contributed by atoms with Crippen molar-refractivity contribution >= 4 is 11.4 Å². The number of aliphatic hydroxyl groups excluding tert-OH is 1. The number of aliphatic hydroxyl groups is 1. The number of aromatic nitrogens is 2. The second kappa shape index (κ2) is 13.3. The zero-order valence-corrected chi connectivity index (χ0v) is 24.1. The van der Waals surface area contributed by atoms with E-state index in [2.05, 4.69) is 22.2 Å². The molecule has 0 bridgehead atoms. The molecule has 1 fully saturated rings. The summed E-state index contributed by atoms with van der Waals surface area (Å²) in [4.78, 5) is 8.47. The van der Waals surface area contributed by atoms with Crippen molar-refractivity contribution in [2.24, 2.45) is 16.1 Å². The molecular formula is C31H43F2N5O.